The molecule has 2 N–H and O–H groups in total. The maximum Gasteiger partial charge on any atom is 0.214 e. The molecule has 0 bridgehead atoms. The molecular formula is C8H11IN2O. The first-order valence-electron chi connectivity index (χ1n) is 3.67. The lowest BCUT2D eigenvalue weighted by molar-refractivity contribution is 0.396. The standard InChI is InChI=1S/C8H11IN2O/c1-12-8-5-6(2-3-10)4-7(9)11-8/h4-5H,2-3,10H2,1H3. The van der Waals surface area contributed by atoms with Crippen molar-refractivity contribution in [1.82, 2.24) is 4.98 Å². The first-order chi connectivity index (χ1) is 5.76. The van der Waals surface area contributed by atoms with E-state index >= 15 is 0 Å². The van der Waals surface area contributed by atoms with Crippen LogP contribution in [-0.2, 0) is 6.42 Å². The third kappa shape index (κ3) is 2.60. The molecule has 0 radical (unpaired) electrons. The Kier molecular flexibility index (Phi) is 3.74. The van der Waals surface area contributed by atoms with E-state index in [0.29, 0.717) is 12.4 Å². The summed E-state index contributed by atoms with van der Waals surface area (Å²) in [5.74, 6) is 0.658. The number of ether oxygens (including phenoxy) is 1. The van der Waals surface area contributed by atoms with Crippen molar-refractivity contribution in [1.29, 1.82) is 0 Å². The summed E-state index contributed by atoms with van der Waals surface area (Å²) in [6, 6.07) is 3.92. The van der Waals surface area contributed by atoms with Crippen molar-refractivity contribution >= 4 is 22.6 Å². The van der Waals surface area contributed by atoms with Crippen molar-refractivity contribution in [2.24, 2.45) is 5.73 Å². The van der Waals surface area contributed by atoms with Gasteiger partial charge >= 0.3 is 0 Å². The fraction of sp³-hybridized carbons (Fsp3) is 0.375. The maximum absolute atomic E-state index is 5.44. The van der Waals surface area contributed by atoms with Gasteiger partial charge in [-0.05, 0) is 47.2 Å². The van der Waals surface area contributed by atoms with Crippen LogP contribution in [0.3, 0.4) is 0 Å². The van der Waals surface area contributed by atoms with Crippen molar-refractivity contribution in [2.45, 2.75) is 6.42 Å². The fourth-order valence-corrected chi connectivity index (χ4v) is 1.58. The largest absolute Gasteiger partial charge is 0.481 e. The van der Waals surface area contributed by atoms with Crippen molar-refractivity contribution in [3.8, 4) is 5.88 Å². The predicted octanol–water partition coefficient (Wildman–Crippen LogP) is 1.20. The fourth-order valence-electron chi connectivity index (χ4n) is 0.939. The molecule has 1 heterocycles. The van der Waals surface area contributed by atoms with E-state index in [9.17, 15) is 0 Å². The van der Waals surface area contributed by atoms with Crippen molar-refractivity contribution in [2.75, 3.05) is 13.7 Å². The van der Waals surface area contributed by atoms with Gasteiger partial charge in [0, 0.05) is 6.07 Å². The Morgan fingerprint density at radius 1 is 1.58 bits per heavy atom. The summed E-state index contributed by atoms with van der Waals surface area (Å²) >= 11 is 2.16. The van der Waals surface area contributed by atoms with E-state index < -0.39 is 0 Å². The minimum Gasteiger partial charge on any atom is -0.481 e. The van der Waals surface area contributed by atoms with Gasteiger partial charge in [0.05, 0.1) is 7.11 Å². The molecule has 12 heavy (non-hydrogen) atoms. The van der Waals surface area contributed by atoms with Crippen LogP contribution in [0.25, 0.3) is 0 Å². The van der Waals surface area contributed by atoms with Crippen molar-refractivity contribution in [3.63, 3.8) is 0 Å². The van der Waals surface area contributed by atoms with E-state index in [1.807, 2.05) is 12.1 Å². The van der Waals surface area contributed by atoms with E-state index in [2.05, 4.69) is 27.6 Å². The normalized spacial score (nSPS) is 9.92. The van der Waals surface area contributed by atoms with Gasteiger partial charge in [0.2, 0.25) is 5.88 Å². The lowest BCUT2D eigenvalue weighted by Gasteiger charge is -2.03. The summed E-state index contributed by atoms with van der Waals surface area (Å²) < 4.78 is 5.97. The monoisotopic (exact) mass is 278 g/mol. The molecule has 0 atom stereocenters. The minimum atomic E-state index is 0.656. The molecule has 0 unspecified atom stereocenters. The van der Waals surface area contributed by atoms with Crippen LogP contribution in [0.1, 0.15) is 5.56 Å². The number of rotatable bonds is 3. The first-order valence-corrected chi connectivity index (χ1v) is 4.74. The predicted molar refractivity (Wildman–Crippen MR) is 56.3 cm³/mol. The zero-order chi connectivity index (χ0) is 8.97. The van der Waals surface area contributed by atoms with Crippen LogP contribution in [0.15, 0.2) is 12.1 Å². The summed E-state index contributed by atoms with van der Waals surface area (Å²) in [6.45, 7) is 0.656. The van der Waals surface area contributed by atoms with E-state index in [1.54, 1.807) is 7.11 Å². The molecule has 0 saturated carbocycles. The van der Waals surface area contributed by atoms with Crippen LogP contribution < -0.4 is 10.5 Å². The Hall–Kier alpha value is -0.360. The number of nitrogens with two attached hydrogens (primary N) is 1. The molecule has 66 valence electrons. The van der Waals surface area contributed by atoms with Gasteiger partial charge in [0.1, 0.15) is 3.70 Å². The highest BCUT2D eigenvalue weighted by Crippen LogP contribution is 2.13. The number of pyridine rings is 1. The molecule has 3 nitrogen and oxygen atoms in total. The molecule has 1 aromatic heterocycles. The number of halogens is 1. The quantitative estimate of drug-likeness (QED) is 0.667. The topological polar surface area (TPSA) is 48.1 Å². The molecule has 0 saturated heterocycles. The lowest BCUT2D eigenvalue weighted by Crippen LogP contribution is -2.03. The zero-order valence-electron chi connectivity index (χ0n) is 6.88. The molecular weight excluding hydrogens is 267 g/mol. The van der Waals surface area contributed by atoms with Gasteiger partial charge in [0.15, 0.2) is 0 Å². The second-order valence-corrected chi connectivity index (χ2v) is 3.48. The molecule has 4 heteroatoms. The maximum atomic E-state index is 5.44. The highest BCUT2D eigenvalue weighted by atomic mass is 127. The number of aromatic nitrogens is 1. The Morgan fingerprint density at radius 2 is 2.33 bits per heavy atom. The molecule has 0 aliphatic heterocycles. The second-order valence-electron chi connectivity index (χ2n) is 2.38. The number of nitrogens with zero attached hydrogens (tertiary/aromatic N) is 1. The summed E-state index contributed by atoms with van der Waals surface area (Å²) in [5.41, 5.74) is 6.61. The molecule has 1 rings (SSSR count). The van der Waals surface area contributed by atoms with E-state index in [1.165, 1.54) is 5.56 Å². The van der Waals surface area contributed by atoms with E-state index in [0.717, 1.165) is 10.1 Å². The Balaban J connectivity index is 2.90. The van der Waals surface area contributed by atoms with Crippen molar-refractivity contribution in [3.05, 3.63) is 21.4 Å². The van der Waals surface area contributed by atoms with E-state index in [4.69, 9.17) is 10.5 Å². The molecule has 0 spiro atoms. The first kappa shape index (κ1) is 9.73. The van der Waals surface area contributed by atoms with Gasteiger partial charge < -0.3 is 10.5 Å². The van der Waals surface area contributed by atoms with Crippen LogP contribution in [0, 0.1) is 3.70 Å². The third-order valence-corrected chi connectivity index (χ3v) is 2.03. The average Bonchev–Trinajstić information content (AvgIpc) is 2.04. The Labute approximate surface area is 85.5 Å². The van der Waals surface area contributed by atoms with Crippen LogP contribution in [0.5, 0.6) is 5.88 Å². The molecule has 0 fully saturated rings. The average molecular weight is 278 g/mol. The number of methoxy groups -OCH3 is 1. The number of hydrogen-bond acceptors (Lipinski definition) is 3. The van der Waals surface area contributed by atoms with Crippen LogP contribution >= 0.6 is 22.6 Å². The highest BCUT2D eigenvalue weighted by molar-refractivity contribution is 14.1. The highest BCUT2D eigenvalue weighted by Gasteiger charge is 1.99. The molecule has 0 aliphatic carbocycles. The lowest BCUT2D eigenvalue weighted by atomic mass is 10.2. The van der Waals surface area contributed by atoms with E-state index in [-0.39, 0.29) is 0 Å². The van der Waals surface area contributed by atoms with Crippen LogP contribution in [0.2, 0.25) is 0 Å². The van der Waals surface area contributed by atoms with Gasteiger partial charge in [-0.2, -0.15) is 0 Å². The van der Waals surface area contributed by atoms with Gasteiger partial charge in [-0.1, -0.05) is 0 Å². The third-order valence-electron chi connectivity index (χ3n) is 1.47. The van der Waals surface area contributed by atoms with Crippen molar-refractivity contribution < 1.29 is 4.74 Å². The molecule has 1 aromatic rings. The summed E-state index contributed by atoms with van der Waals surface area (Å²) in [4.78, 5) is 4.16. The summed E-state index contributed by atoms with van der Waals surface area (Å²) in [6.07, 6.45) is 0.870. The van der Waals surface area contributed by atoms with Gasteiger partial charge in [-0.25, -0.2) is 4.98 Å². The van der Waals surface area contributed by atoms with Crippen LogP contribution in [0.4, 0.5) is 0 Å². The molecule has 0 amide bonds. The summed E-state index contributed by atoms with van der Waals surface area (Å²) in [7, 11) is 1.62. The van der Waals surface area contributed by atoms with Gasteiger partial charge in [-0.15, -0.1) is 0 Å². The Bertz CT molecular complexity index is 265. The molecule has 0 aromatic carbocycles. The Morgan fingerprint density at radius 3 is 2.92 bits per heavy atom. The minimum absolute atomic E-state index is 0.656. The van der Waals surface area contributed by atoms with Gasteiger partial charge in [0.25, 0.3) is 0 Å². The molecule has 0 aliphatic rings. The zero-order valence-corrected chi connectivity index (χ0v) is 9.04. The second kappa shape index (κ2) is 4.61. The number of hydrogen-bond donors (Lipinski definition) is 1. The summed E-state index contributed by atoms with van der Waals surface area (Å²) in [5, 5.41) is 0. The smallest absolute Gasteiger partial charge is 0.214 e. The van der Waals surface area contributed by atoms with Gasteiger partial charge in [-0.3, -0.25) is 0 Å². The SMILES string of the molecule is COc1cc(CCN)cc(I)n1. The van der Waals surface area contributed by atoms with Crippen LogP contribution in [-0.4, -0.2) is 18.6 Å².